The third-order valence-electron chi connectivity index (χ3n) is 6.94. The number of aliphatic hydroxyl groups excluding tert-OH is 2. The molecule has 0 radical (unpaired) electrons. The van der Waals surface area contributed by atoms with Gasteiger partial charge in [0.15, 0.2) is 0 Å². The normalized spacial score (nSPS) is 24.1. The van der Waals surface area contributed by atoms with E-state index in [1.807, 2.05) is 12.1 Å². The van der Waals surface area contributed by atoms with E-state index in [1.54, 1.807) is 19.2 Å². The van der Waals surface area contributed by atoms with Gasteiger partial charge < -0.3 is 20.1 Å². The summed E-state index contributed by atoms with van der Waals surface area (Å²) in [7, 11) is 3.03. The number of benzene rings is 1. The number of halogens is 1. The molecule has 1 heterocycles. The molecule has 1 aliphatic carbocycles. The fraction of sp³-hybridized carbons (Fsp3) is 0.538. The first kappa shape index (κ1) is 26.6. The van der Waals surface area contributed by atoms with E-state index < -0.39 is 23.9 Å². The molecule has 1 aromatic carbocycles. The van der Waals surface area contributed by atoms with Crippen molar-refractivity contribution in [2.24, 2.45) is 17.8 Å². The topological polar surface area (TPSA) is 107 Å². The van der Waals surface area contributed by atoms with Gasteiger partial charge in [0.2, 0.25) is 11.8 Å². The van der Waals surface area contributed by atoms with Crippen LogP contribution in [0.1, 0.15) is 44.6 Å². The highest BCUT2D eigenvalue weighted by Crippen LogP contribution is 2.46. The molecule has 1 fully saturated rings. The number of rotatable bonds is 10. The highest BCUT2D eigenvalue weighted by atomic mass is 79.9. The minimum absolute atomic E-state index is 0.189. The van der Waals surface area contributed by atoms with E-state index in [1.165, 1.54) is 7.05 Å². The van der Waals surface area contributed by atoms with Crippen LogP contribution in [0.5, 0.6) is 5.75 Å². The van der Waals surface area contributed by atoms with Crippen LogP contribution in [-0.2, 0) is 14.3 Å². The molecule has 0 aromatic heterocycles. The highest BCUT2D eigenvalue weighted by molar-refractivity contribution is 9.10. The maximum Gasteiger partial charge on any atom is 0.233 e. The first-order valence-electron chi connectivity index (χ1n) is 11.7. The molecule has 2 aliphatic rings. The molecule has 186 valence electrons. The molecule has 3 N–H and O–H groups in total. The Morgan fingerprint density at radius 3 is 2.68 bits per heavy atom. The number of imide groups is 1. The third-order valence-corrected chi connectivity index (χ3v) is 7.43. The number of aromatic hydroxyl groups is 1. The third kappa shape index (κ3) is 5.46. The standard InChI is InChI=1S/C26H34BrNO6/c1-4-5-15(10-16-11-18(27)7-9-21(16)30)6-8-22(31)23-17(14-34-3)12-19-24(20(23)13-29)26(33)28(2)25(19)32/h7,9-11,19-20,22,24,29-31H,4-6,8,12-14H2,1-3H3/b15-10+/t19-,20+,22-,24-/m1/s1. The van der Waals surface area contributed by atoms with Crippen molar-refractivity contribution in [1.82, 2.24) is 4.90 Å². The number of amides is 2. The van der Waals surface area contributed by atoms with Gasteiger partial charge in [0.05, 0.1) is 31.2 Å². The number of aliphatic hydroxyl groups is 2. The molecule has 0 saturated carbocycles. The molecule has 1 saturated heterocycles. The van der Waals surface area contributed by atoms with Crippen LogP contribution in [0.25, 0.3) is 6.08 Å². The van der Waals surface area contributed by atoms with Crippen molar-refractivity contribution in [2.75, 3.05) is 27.4 Å². The zero-order valence-corrected chi connectivity index (χ0v) is 21.5. The van der Waals surface area contributed by atoms with Crippen molar-refractivity contribution in [3.63, 3.8) is 0 Å². The van der Waals surface area contributed by atoms with Gasteiger partial charge in [0.1, 0.15) is 5.75 Å². The molecule has 1 aromatic rings. The number of phenolic OH excluding ortho intramolecular Hbond substituents is 1. The van der Waals surface area contributed by atoms with Gasteiger partial charge in [-0.05, 0) is 55.0 Å². The Labute approximate surface area is 209 Å². The van der Waals surface area contributed by atoms with Crippen molar-refractivity contribution >= 4 is 33.8 Å². The maximum atomic E-state index is 12.8. The number of carbonyl (C=O) groups is 2. The van der Waals surface area contributed by atoms with Crippen LogP contribution >= 0.6 is 15.9 Å². The van der Waals surface area contributed by atoms with Crippen LogP contribution in [0, 0.1) is 17.8 Å². The second-order valence-corrected chi connectivity index (χ2v) is 10.1. The second-order valence-electron chi connectivity index (χ2n) is 9.16. The van der Waals surface area contributed by atoms with Gasteiger partial charge in [-0.15, -0.1) is 0 Å². The van der Waals surface area contributed by atoms with Crippen LogP contribution < -0.4 is 0 Å². The van der Waals surface area contributed by atoms with E-state index in [0.29, 0.717) is 30.4 Å². The highest BCUT2D eigenvalue weighted by Gasteiger charge is 2.53. The van der Waals surface area contributed by atoms with Crippen molar-refractivity contribution in [3.05, 3.63) is 45.0 Å². The number of hydrogen-bond donors (Lipinski definition) is 3. The molecule has 0 bridgehead atoms. The summed E-state index contributed by atoms with van der Waals surface area (Å²) < 4.78 is 6.22. The zero-order valence-electron chi connectivity index (χ0n) is 20.0. The summed E-state index contributed by atoms with van der Waals surface area (Å²) >= 11 is 3.43. The van der Waals surface area contributed by atoms with Gasteiger partial charge in [-0.2, -0.15) is 0 Å². The first-order chi connectivity index (χ1) is 16.2. The summed E-state index contributed by atoms with van der Waals surface area (Å²) in [6.07, 6.45) is 4.14. The van der Waals surface area contributed by atoms with Crippen molar-refractivity contribution in [3.8, 4) is 5.75 Å². The minimum atomic E-state index is -0.881. The van der Waals surface area contributed by atoms with E-state index in [0.717, 1.165) is 33.4 Å². The Bertz CT molecular complexity index is 988. The molecular formula is C26H34BrNO6. The van der Waals surface area contributed by atoms with Crippen LogP contribution in [0.2, 0.25) is 0 Å². The molecule has 2 amide bonds. The molecule has 3 rings (SSSR count). The Balaban J connectivity index is 1.87. The predicted octanol–water partition coefficient (Wildman–Crippen LogP) is 3.67. The van der Waals surface area contributed by atoms with Crippen LogP contribution in [0.4, 0.5) is 0 Å². The average molecular weight is 536 g/mol. The average Bonchev–Trinajstić information content (AvgIpc) is 3.02. The molecular weight excluding hydrogens is 502 g/mol. The van der Waals surface area contributed by atoms with Crippen molar-refractivity contribution < 1.29 is 29.6 Å². The number of carbonyl (C=O) groups excluding carboxylic acids is 2. The molecule has 1 aliphatic heterocycles. The van der Waals surface area contributed by atoms with E-state index >= 15 is 0 Å². The number of phenols is 1. The lowest BCUT2D eigenvalue weighted by Gasteiger charge is -2.36. The summed E-state index contributed by atoms with van der Waals surface area (Å²) in [5.41, 5.74) is 3.21. The van der Waals surface area contributed by atoms with E-state index in [9.17, 15) is 24.9 Å². The van der Waals surface area contributed by atoms with Crippen LogP contribution in [-0.4, -0.2) is 65.5 Å². The smallest absolute Gasteiger partial charge is 0.233 e. The Hall–Kier alpha value is -2.00. The van der Waals surface area contributed by atoms with Gasteiger partial charge >= 0.3 is 0 Å². The monoisotopic (exact) mass is 535 g/mol. The summed E-state index contributed by atoms with van der Waals surface area (Å²) in [5.74, 6) is -2.14. The largest absolute Gasteiger partial charge is 0.507 e. The summed E-state index contributed by atoms with van der Waals surface area (Å²) in [6.45, 7) is 1.99. The number of nitrogens with zero attached hydrogens (tertiary/aromatic N) is 1. The van der Waals surface area contributed by atoms with Gasteiger partial charge in [-0.1, -0.05) is 40.9 Å². The molecule has 0 unspecified atom stereocenters. The SMILES string of the molecule is CCC/C(=C\c1cc(Br)ccc1O)CC[C@@H](O)C1=C(COC)C[C@H]2C(=O)N(C)C(=O)[C@H]2[C@H]1CO. The molecule has 0 spiro atoms. The number of likely N-dealkylation sites (tertiary alicyclic amines) is 1. The number of ether oxygens (including phenoxy) is 1. The number of fused-ring (bicyclic) bond motifs is 1. The molecule has 8 heteroatoms. The number of allylic oxidation sites excluding steroid dienone is 1. The lowest BCUT2D eigenvalue weighted by atomic mass is 9.68. The van der Waals surface area contributed by atoms with Gasteiger partial charge in [0.25, 0.3) is 0 Å². The summed E-state index contributed by atoms with van der Waals surface area (Å²) in [6, 6.07) is 5.26. The fourth-order valence-corrected chi connectivity index (χ4v) is 5.73. The fourth-order valence-electron chi connectivity index (χ4n) is 5.35. The zero-order chi connectivity index (χ0) is 25.0. The van der Waals surface area contributed by atoms with Crippen molar-refractivity contribution in [2.45, 2.75) is 45.1 Å². The van der Waals surface area contributed by atoms with E-state index in [-0.39, 0.29) is 30.8 Å². The van der Waals surface area contributed by atoms with Crippen molar-refractivity contribution in [1.29, 1.82) is 0 Å². The summed E-state index contributed by atoms with van der Waals surface area (Å²) in [5, 5.41) is 31.7. The lowest BCUT2D eigenvalue weighted by molar-refractivity contribution is -0.138. The minimum Gasteiger partial charge on any atom is -0.507 e. The quantitative estimate of drug-likeness (QED) is 0.311. The predicted molar refractivity (Wildman–Crippen MR) is 133 cm³/mol. The Morgan fingerprint density at radius 1 is 1.29 bits per heavy atom. The van der Waals surface area contributed by atoms with E-state index in [2.05, 4.69) is 22.9 Å². The number of methoxy groups -OCH3 is 1. The van der Waals surface area contributed by atoms with Gasteiger partial charge in [-0.3, -0.25) is 14.5 Å². The maximum absolute atomic E-state index is 12.8. The molecule has 7 nitrogen and oxygen atoms in total. The number of hydrogen-bond acceptors (Lipinski definition) is 6. The van der Waals surface area contributed by atoms with Crippen LogP contribution in [0.3, 0.4) is 0 Å². The van der Waals surface area contributed by atoms with Gasteiger partial charge in [-0.25, -0.2) is 0 Å². The van der Waals surface area contributed by atoms with Gasteiger partial charge in [0, 0.05) is 30.1 Å². The van der Waals surface area contributed by atoms with E-state index in [4.69, 9.17) is 4.74 Å². The Morgan fingerprint density at radius 2 is 2.03 bits per heavy atom. The summed E-state index contributed by atoms with van der Waals surface area (Å²) in [4.78, 5) is 26.5. The molecule has 34 heavy (non-hydrogen) atoms. The molecule has 4 atom stereocenters. The second kappa shape index (κ2) is 11.6. The van der Waals surface area contributed by atoms with Crippen LogP contribution in [0.15, 0.2) is 39.4 Å². The lowest BCUT2D eigenvalue weighted by Crippen LogP contribution is -2.39. The first-order valence-corrected chi connectivity index (χ1v) is 12.5. The Kier molecular flexibility index (Phi) is 9.09.